The van der Waals surface area contributed by atoms with Crippen LogP contribution in [0.4, 0.5) is 0 Å². The summed E-state index contributed by atoms with van der Waals surface area (Å²) < 4.78 is 2.05. The number of fused-ring (bicyclic) bond motifs is 1. The van der Waals surface area contributed by atoms with Crippen molar-refractivity contribution in [1.82, 2.24) is 9.88 Å². The minimum Gasteiger partial charge on any atom is -0.383 e. The molecule has 120 valence electrons. The Labute approximate surface area is 136 Å². The fourth-order valence-electron chi connectivity index (χ4n) is 3.66. The molecule has 0 saturated heterocycles. The zero-order chi connectivity index (χ0) is 15.9. The topological polar surface area (TPSA) is 54.3 Å². The molecule has 1 aromatic carbocycles. The van der Waals surface area contributed by atoms with Gasteiger partial charge >= 0.3 is 0 Å². The molecule has 1 aromatic heterocycles. The van der Waals surface area contributed by atoms with E-state index in [1.54, 1.807) is 0 Å². The minimum absolute atomic E-state index is 0.0987. The molecule has 2 aromatic rings. The minimum atomic E-state index is -0.957. The lowest BCUT2D eigenvalue weighted by Crippen LogP contribution is -2.43. The van der Waals surface area contributed by atoms with Crippen LogP contribution in [-0.4, -0.2) is 22.1 Å². The summed E-state index contributed by atoms with van der Waals surface area (Å²) in [6, 6.07) is 12.3. The number of carbonyl (C=O) groups excluding carboxylic acids is 1. The van der Waals surface area contributed by atoms with Crippen LogP contribution in [0.25, 0.3) is 0 Å². The first-order chi connectivity index (χ1) is 11.2. The molecule has 0 aliphatic heterocycles. The third-order valence-corrected chi connectivity index (χ3v) is 5.05. The summed E-state index contributed by atoms with van der Waals surface area (Å²) in [5.41, 5.74) is 1.89. The molecule has 2 N–H and O–H groups in total. The number of aliphatic hydroxyl groups is 1. The standard InChI is InChI=1S/C19H22N2O2/c22-18(17-8-4-12-21(17)15-9-10-15)20-13-19(23)11-3-6-14-5-1-2-7-16(14)19/h1-2,4-5,7-8,12,15,23H,3,6,9-11,13H2,(H,20,22). The van der Waals surface area contributed by atoms with Crippen molar-refractivity contribution in [3.63, 3.8) is 0 Å². The van der Waals surface area contributed by atoms with Gasteiger partial charge in [0.05, 0.1) is 6.54 Å². The van der Waals surface area contributed by atoms with Crippen LogP contribution in [0.2, 0.25) is 0 Å². The van der Waals surface area contributed by atoms with Crippen LogP contribution >= 0.6 is 0 Å². The number of aromatic nitrogens is 1. The highest BCUT2D eigenvalue weighted by Gasteiger charge is 2.35. The summed E-state index contributed by atoms with van der Waals surface area (Å²) in [5, 5.41) is 14.0. The molecule has 1 atom stereocenters. The van der Waals surface area contributed by atoms with Gasteiger partial charge in [-0.15, -0.1) is 0 Å². The van der Waals surface area contributed by atoms with Crippen LogP contribution in [0.3, 0.4) is 0 Å². The molecular weight excluding hydrogens is 288 g/mol. The number of hydrogen-bond acceptors (Lipinski definition) is 2. The maximum atomic E-state index is 12.5. The van der Waals surface area contributed by atoms with Gasteiger partial charge in [0.2, 0.25) is 0 Å². The first kappa shape index (κ1) is 14.5. The Morgan fingerprint density at radius 2 is 2.09 bits per heavy atom. The average Bonchev–Trinajstić information content (AvgIpc) is 3.30. The van der Waals surface area contributed by atoms with Gasteiger partial charge in [-0.1, -0.05) is 24.3 Å². The SMILES string of the molecule is O=C(NCC1(O)CCCc2ccccc21)c1cccn1C1CC1. The predicted octanol–water partition coefficient (Wildman–Crippen LogP) is 2.78. The van der Waals surface area contributed by atoms with Crippen molar-refractivity contribution in [2.24, 2.45) is 0 Å². The van der Waals surface area contributed by atoms with E-state index in [1.165, 1.54) is 5.56 Å². The molecule has 0 spiro atoms. The van der Waals surface area contributed by atoms with Crippen LogP contribution in [0.15, 0.2) is 42.6 Å². The number of amides is 1. The molecular formula is C19H22N2O2. The van der Waals surface area contributed by atoms with Gasteiger partial charge in [-0.2, -0.15) is 0 Å². The van der Waals surface area contributed by atoms with Gasteiger partial charge in [0, 0.05) is 12.2 Å². The normalized spacial score (nSPS) is 23.3. The molecule has 1 amide bonds. The lowest BCUT2D eigenvalue weighted by atomic mass is 9.79. The Morgan fingerprint density at radius 1 is 1.26 bits per heavy atom. The van der Waals surface area contributed by atoms with Crippen molar-refractivity contribution in [2.45, 2.75) is 43.7 Å². The molecule has 0 bridgehead atoms. The van der Waals surface area contributed by atoms with Gasteiger partial charge in [-0.3, -0.25) is 4.79 Å². The summed E-state index contributed by atoms with van der Waals surface area (Å²) >= 11 is 0. The van der Waals surface area contributed by atoms with Gasteiger partial charge in [-0.05, 0) is 55.4 Å². The molecule has 23 heavy (non-hydrogen) atoms. The van der Waals surface area contributed by atoms with E-state index in [4.69, 9.17) is 0 Å². The second-order valence-corrected chi connectivity index (χ2v) is 6.76. The van der Waals surface area contributed by atoms with Gasteiger partial charge in [0.25, 0.3) is 5.91 Å². The fourth-order valence-corrected chi connectivity index (χ4v) is 3.66. The Hall–Kier alpha value is -2.07. The monoisotopic (exact) mass is 310 g/mol. The molecule has 4 nitrogen and oxygen atoms in total. The number of benzene rings is 1. The zero-order valence-corrected chi connectivity index (χ0v) is 13.2. The number of nitrogens with one attached hydrogen (secondary N) is 1. The van der Waals surface area contributed by atoms with E-state index in [9.17, 15) is 9.90 Å². The first-order valence-corrected chi connectivity index (χ1v) is 8.43. The van der Waals surface area contributed by atoms with Gasteiger partial charge in [0.1, 0.15) is 11.3 Å². The number of hydrogen-bond donors (Lipinski definition) is 2. The van der Waals surface area contributed by atoms with Crippen molar-refractivity contribution in [3.05, 3.63) is 59.4 Å². The largest absolute Gasteiger partial charge is 0.383 e. The Balaban J connectivity index is 1.50. The summed E-state index contributed by atoms with van der Waals surface area (Å²) in [7, 11) is 0. The quantitative estimate of drug-likeness (QED) is 0.912. The predicted molar refractivity (Wildman–Crippen MR) is 88.3 cm³/mol. The van der Waals surface area contributed by atoms with E-state index in [0.29, 0.717) is 18.2 Å². The lowest BCUT2D eigenvalue weighted by molar-refractivity contribution is 0.0188. The van der Waals surface area contributed by atoms with Crippen molar-refractivity contribution in [1.29, 1.82) is 0 Å². The zero-order valence-electron chi connectivity index (χ0n) is 13.2. The van der Waals surface area contributed by atoms with Gasteiger partial charge in [0.15, 0.2) is 0 Å². The Bertz CT molecular complexity index is 732. The molecule has 4 heteroatoms. The van der Waals surface area contributed by atoms with Crippen LogP contribution < -0.4 is 5.32 Å². The maximum absolute atomic E-state index is 12.5. The van der Waals surface area contributed by atoms with Crippen LogP contribution in [-0.2, 0) is 12.0 Å². The molecule has 4 rings (SSSR count). The summed E-state index contributed by atoms with van der Waals surface area (Å²) in [5.74, 6) is -0.0987. The van der Waals surface area contributed by atoms with Crippen LogP contribution in [0.5, 0.6) is 0 Å². The maximum Gasteiger partial charge on any atom is 0.268 e. The molecule has 1 fully saturated rings. The lowest BCUT2D eigenvalue weighted by Gasteiger charge is -2.34. The molecule has 1 unspecified atom stereocenters. The van der Waals surface area contributed by atoms with Gasteiger partial charge in [-0.25, -0.2) is 0 Å². The molecule has 1 saturated carbocycles. The van der Waals surface area contributed by atoms with E-state index >= 15 is 0 Å². The number of carbonyl (C=O) groups is 1. The van der Waals surface area contributed by atoms with Crippen molar-refractivity contribution in [2.75, 3.05) is 6.54 Å². The number of rotatable bonds is 4. The Morgan fingerprint density at radius 3 is 2.91 bits per heavy atom. The van der Waals surface area contributed by atoms with Crippen molar-refractivity contribution in [3.8, 4) is 0 Å². The van der Waals surface area contributed by atoms with E-state index in [1.807, 2.05) is 41.1 Å². The molecule has 2 aliphatic rings. The van der Waals surface area contributed by atoms with Crippen molar-refractivity contribution < 1.29 is 9.90 Å². The number of nitrogens with zero attached hydrogens (tertiary/aromatic N) is 1. The smallest absolute Gasteiger partial charge is 0.268 e. The summed E-state index contributed by atoms with van der Waals surface area (Å²) in [6.45, 7) is 0.263. The molecule has 0 radical (unpaired) electrons. The second-order valence-electron chi connectivity index (χ2n) is 6.76. The summed E-state index contributed by atoms with van der Waals surface area (Å²) in [4.78, 5) is 12.5. The van der Waals surface area contributed by atoms with E-state index in [2.05, 4.69) is 11.4 Å². The van der Waals surface area contributed by atoms with E-state index in [0.717, 1.165) is 31.2 Å². The molecule has 2 aliphatic carbocycles. The Kier molecular flexibility index (Phi) is 3.49. The highest BCUT2D eigenvalue weighted by atomic mass is 16.3. The highest BCUT2D eigenvalue weighted by Crippen LogP contribution is 2.36. The second kappa shape index (κ2) is 5.53. The van der Waals surface area contributed by atoms with Crippen molar-refractivity contribution >= 4 is 5.91 Å². The van der Waals surface area contributed by atoms with Crippen LogP contribution in [0, 0.1) is 0 Å². The third kappa shape index (κ3) is 2.68. The summed E-state index contributed by atoms with van der Waals surface area (Å²) in [6.07, 6.45) is 6.89. The van der Waals surface area contributed by atoms with Gasteiger partial charge < -0.3 is 15.0 Å². The van der Waals surface area contributed by atoms with Crippen LogP contribution in [0.1, 0.15) is 53.3 Å². The fraction of sp³-hybridized carbons (Fsp3) is 0.421. The van der Waals surface area contributed by atoms with E-state index < -0.39 is 5.60 Å². The molecule has 1 heterocycles. The highest BCUT2D eigenvalue weighted by molar-refractivity contribution is 5.92. The number of aryl methyl sites for hydroxylation is 1. The third-order valence-electron chi connectivity index (χ3n) is 5.05. The average molecular weight is 310 g/mol. The first-order valence-electron chi connectivity index (χ1n) is 8.43. The van der Waals surface area contributed by atoms with E-state index in [-0.39, 0.29) is 12.5 Å².